The minimum atomic E-state index is -0.148. The summed E-state index contributed by atoms with van der Waals surface area (Å²) >= 11 is 0. The lowest BCUT2D eigenvalue weighted by Gasteiger charge is -2.15. The highest BCUT2D eigenvalue weighted by Gasteiger charge is 2.28. The molecule has 0 N–H and O–H groups in total. The van der Waals surface area contributed by atoms with Gasteiger partial charge < -0.3 is 4.52 Å². The van der Waals surface area contributed by atoms with Crippen molar-refractivity contribution in [2.75, 3.05) is 13.1 Å². The molecule has 0 saturated carbocycles. The third kappa shape index (κ3) is 3.08. The topological polar surface area (TPSA) is 42.2 Å². The number of likely N-dealkylation sites (tertiary alicyclic amines) is 1. The monoisotopic (exact) mass is 323 g/mol. The summed E-state index contributed by atoms with van der Waals surface area (Å²) in [4.78, 5) is 6.77. The van der Waals surface area contributed by atoms with Gasteiger partial charge in [0.2, 0.25) is 11.7 Å². The molecule has 1 saturated heterocycles. The van der Waals surface area contributed by atoms with Gasteiger partial charge in [0.15, 0.2) is 0 Å². The number of hydrogen-bond donors (Lipinski definition) is 0. The van der Waals surface area contributed by atoms with Gasteiger partial charge in [-0.25, -0.2) is 4.39 Å². The molecule has 1 aliphatic heterocycles. The Kier molecular flexibility index (Phi) is 4.09. The van der Waals surface area contributed by atoms with Gasteiger partial charge in [-0.3, -0.25) is 4.90 Å². The first-order chi connectivity index (χ1) is 11.8. The van der Waals surface area contributed by atoms with Crippen molar-refractivity contribution >= 4 is 0 Å². The number of nitrogens with zero attached hydrogens (tertiary/aromatic N) is 3. The minimum Gasteiger partial charge on any atom is -0.339 e. The molecular formula is C19H18FN3O. The van der Waals surface area contributed by atoms with Crippen LogP contribution < -0.4 is 0 Å². The molecule has 1 aromatic heterocycles. The summed E-state index contributed by atoms with van der Waals surface area (Å²) in [5.74, 6) is 1.36. The Morgan fingerprint density at radius 3 is 2.71 bits per heavy atom. The third-order valence-corrected chi connectivity index (χ3v) is 4.45. The number of rotatable bonds is 4. The van der Waals surface area contributed by atoms with Crippen LogP contribution in [0.15, 0.2) is 59.1 Å². The molecule has 1 fully saturated rings. The van der Waals surface area contributed by atoms with Crippen molar-refractivity contribution in [3.63, 3.8) is 0 Å². The molecule has 24 heavy (non-hydrogen) atoms. The molecule has 0 aliphatic carbocycles. The van der Waals surface area contributed by atoms with E-state index in [0.29, 0.717) is 18.3 Å². The SMILES string of the molecule is Fc1ccccc1CN1CC[C@@H](c2nc(-c3ccccc3)no2)C1. The Bertz CT molecular complexity index is 818. The van der Waals surface area contributed by atoms with Crippen molar-refractivity contribution in [1.29, 1.82) is 0 Å². The molecule has 0 unspecified atom stereocenters. The van der Waals surface area contributed by atoms with Crippen LogP contribution in [0, 0.1) is 5.82 Å². The van der Waals surface area contributed by atoms with Gasteiger partial charge in [-0.2, -0.15) is 4.98 Å². The second-order valence-corrected chi connectivity index (χ2v) is 6.13. The van der Waals surface area contributed by atoms with Crippen LogP contribution in [0.1, 0.15) is 23.8 Å². The van der Waals surface area contributed by atoms with Crippen LogP contribution in [0.25, 0.3) is 11.4 Å². The van der Waals surface area contributed by atoms with E-state index >= 15 is 0 Å². The van der Waals surface area contributed by atoms with Gasteiger partial charge in [-0.05, 0) is 19.0 Å². The van der Waals surface area contributed by atoms with E-state index in [0.717, 1.165) is 30.6 Å². The summed E-state index contributed by atoms with van der Waals surface area (Å²) in [5.41, 5.74) is 1.68. The van der Waals surface area contributed by atoms with Gasteiger partial charge in [0.25, 0.3) is 0 Å². The van der Waals surface area contributed by atoms with E-state index in [1.807, 2.05) is 42.5 Å². The summed E-state index contributed by atoms with van der Waals surface area (Å²) in [6.45, 7) is 2.33. The van der Waals surface area contributed by atoms with Gasteiger partial charge in [-0.15, -0.1) is 0 Å². The molecule has 0 spiro atoms. The molecule has 122 valence electrons. The zero-order chi connectivity index (χ0) is 16.4. The van der Waals surface area contributed by atoms with Crippen LogP contribution in [0.2, 0.25) is 0 Å². The Hall–Kier alpha value is -2.53. The van der Waals surface area contributed by atoms with Crippen molar-refractivity contribution in [1.82, 2.24) is 15.0 Å². The van der Waals surface area contributed by atoms with Gasteiger partial charge in [0, 0.05) is 24.2 Å². The average molecular weight is 323 g/mol. The van der Waals surface area contributed by atoms with Crippen LogP contribution in [0.5, 0.6) is 0 Å². The van der Waals surface area contributed by atoms with Gasteiger partial charge >= 0.3 is 0 Å². The molecule has 1 atom stereocenters. The summed E-state index contributed by atoms with van der Waals surface area (Å²) in [6.07, 6.45) is 0.949. The zero-order valence-electron chi connectivity index (χ0n) is 13.2. The third-order valence-electron chi connectivity index (χ3n) is 4.45. The molecule has 1 aliphatic rings. The Balaban J connectivity index is 1.44. The Morgan fingerprint density at radius 2 is 1.88 bits per heavy atom. The Labute approximate surface area is 139 Å². The molecule has 0 bridgehead atoms. The minimum absolute atomic E-state index is 0.148. The fourth-order valence-electron chi connectivity index (χ4n) is 3.15. The van der Waals surface area contributed by atoms with Crippen molar-refractivity contribution in [3.05, 3.63) is 71.9 Å². The van der Waals surface area contributed by atoms with Crippen molar-refractivity contribution < 1.29 is 8.91 Å². The second kappa shape index (κ2) is 6.53. The first-order valence-corrected chi connectivity index (χ1v) is 8.14. The van der Waals surface area contributed by atoms with E-state index in [2.05, 4.69) is 15.0 Å². The van der Waals surface area contributed by atoms with Crippen LogP contribution >= 0.6 is 0 Å². The predicted octanol–water partition coefficient (Wildman–Crippen LogP) is 3.87. The van der Waals surface area contributed by atoms with Gasteiger partial charge in [-0.1, -0.05) is 53.7 Å². The maximum absolute atomic E-state index is 13.8. The van der Waals surface area contributed by atoms with E-state index in [4.69, 9.17) is 4.52 Å². The predicted molar refractivity (Wildman–Crippen MR) is 88.8 cm³/mol. The van der Waals surface area contributed by atoms with E-state index in [9.17, 15) is 4.39 Å². The lowest BCUT2D eigenvalue weighted by molar-refractivity contribution is 0.305. The quantitative estimate of drug-likeness (QED) is 0.731. The highest BCUT2D eigenvalue weighted by Crippen LogP contribution is 2.28. The molecule has 0 amide bonds. The largest absolute Gasteiger partial charge is 0.339 e. The maximum Gasteiger partial charge on any atom is 0.231 e. The second-order valence-electron chi connectivity index (χ2n) is 6.13. The summed E-state index contributed by atoms with van der Waals surface area (Å²) in [7, 11) is 0. The maximum atomic E-state index is 13.8. The fourth-order valence-corrected chi connectivity index (χ4v) is 3.15. The number of aromatic nitrogens is 2. The molecule has 5 heteroatoms. The average Bonchev–Trinajstić information content (AvgIpc) is 3.27. The Morgan fingerprint density at radius 1 is 1.08 bits per heavy atom. The van der Waals surface area contributed by atoms with Crippen molar-refractivity contribution in [2.24, 2.45) is 0 Å². The van der Waals surface area contributed by atoms with E-state index in [-0.39, 0.29) is 11.7 Å². The first kappa shape index (κ1) is 15.0. The lowest BCUT2D eigenvalue weighted by Crippen LogP contribution is -2.20. The summed E-state index contributed by atoms with van der Waals surface area (Å²) in [6, 6.07) is 16.7. The fraction of sp³-hybridized carbons (Fsp3) is 0.263. The molecule has 0 radical (unpaired) electrons. The van der Waals surface area contributed by atoms with Crippen molar-refractivity contribution in [2.45, 2.75) is 18.9 Å². The van der Waals surface area contributed by atoms with E-state index in [1.165, 1.54) is 6.07 Å². The molecule has 2 heterocycles. The summed E-state index contributed by atoms with van der Waals surface area (Å²) < 4.78 is 19.3. The standard InChI is InChI=1S/C19H18FN3O/c20-17-9-5-4-8-15(17)12-23-11-10-16(13-23)19-21-18(22-24-19)14-6-2-1-3-7-14/h1-9,16H,10-13H2/t16-/m1/s1. The van der Waals surface area contributed by atoms with Gasteiger partial charge in [0.05, 0.1) is 5.92 Å². The smallest absolute Gasteiger partial charge is 0.231 e. The number of halogens is 1. The van der Waals surface area contributed by atoms with E-state index < -0.39 is 0 Å². The highest BCUT2D eigenvalue weighted by atomic mass is 19.1. The molecule has 4 rings (SSSR count). The van der Waals surface area contributed by atoms with Gasteiger partial charge in [0.1, 0.15) is 5.82 Å². The van der Waals surface area contributed by atoms with Crippen LogP contribution in [0.3, 0.4) is 0 Å². The summed E-state index contributed by atoms with van der Waals surface area (Å²) in [5, 5.41) is 4.09. The molecule has 3 aromatic rings. The van der Waals surface area contributed by atoms with Crippen LogP contribution in [0.4, 0.5) is 4.39 Å². The van der Waals surface area contributed by atoms with Crippen LogP contribution in [-0.4, -0.2) is 28.1 Å². The molecule has 4 nitrogen and oxygen atoms in total. The normalized spacial score (nSPS) is 18.1. The van der Waals surface area contributed by atoms with E-state index in [1.54, 1.807) is 6.07 Å². The zero-order valence-corrected chi connectivity index (χ0v) is 13.2. The lowest BCUT2D eigenvalue weighted by atomic mass is 10.1. The van der Waals surface area contributed by atoms with Crippen LogP contribution in [-0.2, 0) is 6.54 Å². The number of hydrogen-bond acceptors (Lipinski definition) is 4. The molecule has 2 aromatic carbocycles. The highest BCUT2D eigenvalue weighted by molar-refractivity contribution is 5.53. The number of benzene rings is 2. The van der Waals surface area contributed by atoms with Crippen molar-refractivity contribution in [3.8, 4) is 11.4 Å². The first-order valence-electron chi connectivity index (χ1n) is 8.14. The molecular weight excluding hydrogens is 305 g/mol.